The number of furan rings is 1. The summed E-state index contributed by atoms with van der Waals surface area (Å²) >= 11 is 0. The largest absolute Gasteiger partial charge is 0.468 e. The van der Waals surface area contributed by atoms with E-state index in [0.717, 1.165) is 17.1 Å². The quantitative estimate of drug-likeness (QED) is 0.675. The van der Waals surface area contributed by atoms with E-state index >= 15 is 0 Å². The van der Waals surface area contributed by atoms with Crippen LogP contribution in [0.1, 0.15) is 22.2 Å². The molecule has 1 heterocycles. The molecule has 2 N–H and O–H groups in total. The van der Waals surface area contributed by atoms with Gasteiger partial charge in [-0.3, -0.25) is 9.69 Å². The van der Waals surface area contributed by atoms with Crippen LogP contribution in [0, 0.1) is 0 Å². The second-order valence-corrected chi connectivity index (χ2v) is 6.24. The van der Waals surface area contributed by atoms with E-state index in [2.05, 4.69) is 10.6 Å². The lowest BCUT2D eigenvalue weighted by molar-refractivity contribution is 0.0940. The lowest BCUT2D eigenvalue weighted by Crippen LogP contribution is -2.34. The average Bonchev–Trinajstić information content (AvgIpc) is 3.17. The minimum Gasteiger partial charge on any atom is -0.468 e. The lowest BCUT2D eigenvalue weighted by Gasteiger charge is -2.23. The highest BCUT2D eigenvalue weighted by Crippen LogP contribution is 2.22. The summed E-state index contributed by atoms with van der Waals surface area (Å²) in [6.07, 6.45) is 1.65. The van der Waals surface area contributed by atoms with Crippen LogP contribution in [0.4, 0.5) is 11.4 Å². The minimum atomic E-state index is -0.123. The van der Waals surface area contributed by atoms with Crippen LogP contribution < -0.4 is 10.6 Å². The van der Waals surface area contributed by atoms with Crippen LogP contribution in [-0.4, -0.2) is 31.4 Å². The fourth-order valence-electron chi connectivity index (χ4n) is 2.77. The highest BCUT2D eigenvalue weighted by molar-refractivity contribution is 6.00. The van der Waals surface area contributed by atoms with E-state index in [1.807, 2.05) is 85.7 Å². The van der Waals surface area contributed by atoms with E-state index in [0.29, 0.717) is 12.1 Å². The van der Waals surface area contributed by atoms with Crippen molar-refractivity contribution in [3.05, 3.63) is 84.3 Å². The first-order chi connectivity index (χ1) is 12.6. The molecule has 0 saturated carbocycles. The molecule has 5 heteroatoms. The van der Waals surface area contributed by atoms with E-state index in [9.17, 15) is 4.79 Å². The molecule has 5 nitrogen and oxygen atoms in total. The molecule has 134 valence electrons. The number of benzene rings is 2. The first-order valence-corrected chi connectivity index (χ1v) is 8.54. The van der Waals surface area contributed by atoms with Crippen LogP contribution in [0.2, 0.25) is 0 Å². The normalized spacial score (nSPS) is 12.0. The van der Waals surface area contributed by atoms with Crippen molar-refractivity contribution >= 4 is 17.3 Å². The van der Waals surface area contributed by atoms with Crippen molar-refractivity contribution in [2.24, 2.45) is 0 Å². The molecule has 0 spiro atoms. The Morgan fingerprint density at radius 1 is 1.00 bits per heavy atom. The Labute approximate surface area is 153 Å². The smallest absolute Gasteiger partial charge is 0.253 e. The van der Waals surface area contributed by atoms with Crippen LogP contribution in [0.15, 0.2) is 77.4 Å². The molecule has 1 unspecified atom stereocenters. The summed E-state index contributed by atoms with van der Waals surface area (Å²) in [6.45, 7) is 0.457. The number of hydrogen-bond acceptors (Lipinski definition) is 4. The third-order valence-electron chi connectivity index (χ3n) is 4.18. The highest BCUT2D eigenvalue weighted by Gasteiger charge is 2.19. The second kappa shape index (κ2) is 8.36. The van der Waals surface area contributed by atoms with Gasteiger partial charge in [0.05, 0.1) is 23.6 Å². The van der Waals surface area contributed by atoms with Gasteiger partial charge in [-0.2, -0.15) is 0 Å². The Balaban J connectivity index is 1.72. The lowest BCUT2D eigenvalue weighted by atomic mass is 10.1. The number of anilines is 2. The van der Waals surface area contributed by atoms with E-state index < -0.39 is 0 Å². The molecule has 1 amide bonds. The zero-order valence-electron chi connectivity index (χ0n) is 15.0. The molecule has 2 aromatic carbocycles. The summed E-state index contributed by atoms with van der Waals surface area (Å²) in [5.74, 6) is 0.702. The molecule has 0 aliphatic carbocycles. The van der Waals surface area contributed by atoms with Gasteiger partial charge in [0.1, 0.15) is 5.76 Å². The number of carbonyl (C=O) groups excluding carboxylic acids is 1. The van der Waals surface area contributed by atoms with Crippen LogP contribution in [-0.2, 0) is 0 Å². The van der Waals surface area contributed by atoms with Crippen molar-refractivity contribution in [1.82, 2.24) is 10.2 Å². The fourth-order valence-corrected chi connectivity index (χ4v) is 2.77. The van der Waals surface area contributed by atoms with Crippen molar-refractivity contribution in [3.8, 4) is 0 Å². The Morgan fingerprint density at radius 3 is 2.42 bits per heavy atom. The van der Waals surface area contributed by atoms with Gasteiger partial charge in [0.25, 0.3) is 5.91 Å². The summed E-state index contributed by atoms with van der Waals surface area (Å²) in [7, 11) is 3.93. The van der Waals surface area contributed by atoms with Crippen molar-refractivity contribution in [2.75, 3.05) is 26.0 Å². The van der Waals surface area contributed by atoms with Crippen LogP contribution >= 0.6 is 0 Å². The number of para-hydroxylation sites is 2. The topological polar surface area (TPSA) is 57.5 Å². The number of amides is 1. The van der Waals surface area contributed by atoms with Crippen LogP contribution in [0.3, 0.4) is 0 Å². The summed E-state index contributed by atoms with van der Waals surface area (Å²) < 4.78 is 5.49. The molecule has 0 aliphatic heterocycles. The third-order valence-corrected chi connectivity index (χ3v) is 4.18. The maximum absolute atomic E-state index is 12.8. The van der Waals surface area contributed by atoms with Gasteiger partial charge < -0.3 is 15.1 Å². The number of hydrogen-bond donors (Lipinski definition) is 2. The minimum absolute atomic E-state index is 0.0248. The van der Waals surface area contributed by atoms with Crippen molar-refractivity contribution in [3.63, 3.8) is 0 Å². The monoisotopic (exact) mass is 349 g/mol. The molecule has 0 radical (unpaired) electrons. The zero-order valence-corrected chi connectivity index (χ0v) is 15.0. The van der Waals surface area contributed by atoms with Crippen LogP contribution in [0.25, 0.3) is 0 Å². The summed E-state index contributed by atoms with van der Waals surface area (Å²) in [5, 5.41) is 6.32. The van der Waals surface area contributed by atoms with Gasteiger partial charge >= 0.3 is 0 Å². The molecule has 1 atom stereocenters. The number of likely N-dealkylation sites (N-methyl/N-ethyl adjacent to an activating group) is 1. The SMILES string of the molecule is CN(C)C(CNC(=O)c1ccccc1Nc1ccccc1)c1ccco1. The fraction of sp³-hybridized carbons (Fsp3) is 0.190. The maximum atomic E-state index is 12.8. The molecule has 0 bridgehead atoms. The van der Waals surface area contributed by atoms with Crippen LogP contribution in [0.5, 0.6) is 0 Å². The van der Waals surface area contributed by atoms with Gasteiger partial charge in [-0.05, 0) is 50.5 Å². The van der Waals surface area contributed by atoms with E-state index in [-0.39, 0.29) is 11.9 Å². The van der Waals surface area contributed by atoms with Gasteiger partial charge in [-0.1, -0.05) is 30.3 Å². The Morgan fingerprint density at radius 2 is 1.73 bits per heavy atom. The van der Waals surface area contributed by atoms with Crippen molar-refractivity contribution in [1.29, 1.82) is 0 Å². The van der Waals surface area contributed by atoms with Gasteiger partial charge in [-0.25, -0.2) is 0 Å². The standard InChI is InChI=1S/C21H23N3O2/c1-24(2)19(20-13-8-14-26-20)15-22-21(25)17-11-6-7-12-18(17)23-16-9-4-3-5-10-16/h3-14,19,23H,15H2,1-2H3,(H,22,25). The van der Waals surface area contributed by atoms with E-state index in [4.69, 9.17) is 4.42 Å². The zero-order chi connectivity index (χ0) is 18.4. The number of nitrogens with zero attached hydrogens (tertiary/aromatic N) is 1. The summed E-state index contributed by atoms with van der Waals surface area (Å²) in [4.78, 5) is 14.8. The van der Waals surface area contributed by atoms with Gasteiger partial charge in [-0.15, -0.1) is 0 Å². The molecule has 26 heavy (non-hydrogen) atoms. The molecule has 0 fully saturated rings. The Kier molecular flexibility index (Phi) is 5.71. The molecular weight excluding hydrogens is 326 g/mol. The second-order valence-electron chi connectivity index (χ2n) is 6.24. The molecule has 0 aliphatic rings. The summed E-state index contributed by atoms with van der Waals surface area (Å²) in [6, 6.07) is 21.0. The van der Waals surface area contributed by atoms with Gasteiger partial charge in [0, 0.05) is 12.2 Å². The van der Waals surface area contributed by atoms with Gasteiger partial charge in [0.15, 0.2) is 0 Å². The molecule has 3 aromatic rings. The molecule has 0 saturated heterocycles. The Hall–Kier alpha value is -3.05. The number of rotatable bonds is 7. The molecular formula is C21H23N3O2. The average molecular weight is 349 g/mol. The van der Waals surface area contributed by atoms with E-state index in [1.54, 1.807) is 6.26 Å². The first-order valence-electron chi connectivity index (χ1n) is 8.54. The predicted octanol–water partition coefficient (Wildman–Crippen LogP) is 4.06. The number of carbonyl (C=O) groups is 1. The van der Waals surface area contributed by atoms with Gasteiger partial charge in [0.2, 0.25) is 0 Å². The van der Waals surface area contributed by atoms with Crippen molar-refractivity contribution < 1.29 is 9.21 Å². The molecule has 3 rings (SSSR count). The molecule has 1 aromatic heterocycles. The predicted molar refractivity (Wildman–Crippen MR) is 104 cm³/mol. The third kappa shape index (κ3) is 4.32. The van der Waals surface area contributed by atoms with E-state index in [1.165, 1.54) is 0 Å². The number of nitrogens with one attached hydrogen (secondary N) is 2. The van der Waals surface area contributed by atoms with Crippen molar-refractivity contribution in [2.45, 2.75) is 6.04 Å². The Bertz CT molecular complexity index is 829. The summed E-state index contributed by atoms with van der Waals surface area (Å²) in [5.41, 5.74) is 2.32. The first kappa shape index (κ1) is 17.8. The maximum Gasteiger partial charge on any atom is 0.253 e. The highest BCUT2D eigenvalue weighted by atomic mass is 16.3.